The normalized spacial score (nSPS) is 12.0. The van der Waals surface area contributed by atoms with Gasteiger partial charge in [-0.1, -0.05) is 42.5 Å². The Kier molecular flexibility index (Phi) is 5.21. The highest BCUT2D eigenvalue weighted by molar-refractivity contribution is 5.65. The Morgan fingerprint density at radius 2 is 1.82 bits per heavy atom. The van der Waals surface area contributed by atoms with Crippen LogP contribution in [0.25, 0.3) is 0 Å². The van der Waals surface area contributed by atoms with Crippen LogP contribution in [0.15, 0.2) is 42.5 Å². The third kappa shape index (κ3) is 3.67. The number of ether oxygens (including phenoxy) is 1. The minimum atomic E-state index is -0.281. The molecule has 1 N–H and O–H groups in total. The van der Waals surface area contributed by atoms with Gasteiger partial charge < -0.3 is 9.84 Å². The predicted octanol–water partition coefficient (Wildman–Crippen LogP) is 4.09. The SMILES string of the molecule is CC(=O)OCCC(c1ccccc1)c1ccc(C)c(C)c1O. The molecule has 0 aliphatic rings. The zero-order valence-electron chi connectivity index (χ0n) is 13.3. The fourth-order valence-corrected chi connectivity index (χ4v) is 2.61. The first-order valence-electron chi connectivity index (χ1n) is 7.48. The number of aryl methyl sites for hydroxylation is 1. The molecule has 1 unspecified atom stereocenters. The molecule has 2 rings (SSSR count). The average Bonchev–Trinajstić information content (AvgIpc) is 2.51. The van der Waals surface area contributed by atoms with Gasteiger partial charge in [0.05, 0.1) is 6.61 Å². The average molecular weight is 298 g/mol. The molecule has 0 fully saturated rings. The maximum absolute atomic E-state index is 11.0. The summed E-state index contributed by atoms with van der Waals surface area (Å²) in [5, 5.41) is 10.5. The Balaban J connectivity index is 2.36. The predicted molar refractivity (Wildman–Crippen MR) is 87.1 cm³/mol. The smallest absolute Gasteiger partial charge is 0.302 e. The molecule has 0 heterocycles. The van der Waals surface area contributed by atoms with E-state index in [2.05, 4.69) is 0 Å². The number of benzene rings is 2. The van der Waals surface area contributed by atoms with Crippen molar-refractivity contribution < 1.29 is 14.6 Å². The molecule has 3 heteroatoms. The van der Waals surface area contributed by atoms with Crippen LogP contribution in [-0.4, -0.2) is 17.7 Å². The molecule has 0 spiro atoms. The monoisotopic (exact) mass is 298 g/mol. The van der Waals surface area contributed by atoms with Crippen LogP contribution >= 0.6 is 0 Å². The highest BCUT2D eigenvalue weighted by atomic mass is 16.5. The number of rotatable bonds is 5. The van der Waals surface area contributed by atoms with Gasteiger partial charge in [0.15, 0.2) is 0 Å². The van der Waals surface area contributed by atoms with Crippen molar-refractivity contribution in [1.82, 2.24) is 0 Å². The van der Waals surface area contributed by atoms with E-state index in [9.17, 15) is 9.90 Å². The highest BCUT2D eigenvalue weighted by Gasteiger charge is 2.19. The Bertz CT molecular complexity index is 647. The second-order valence-corrected chi connectivity index (χ2v) is 5.54. The van der Waals surface area contributed by atoms with Crippen molar-refractivity contribution in [3.8, 4) is 5.75 Å². The zero-order valence-corrected chi connectivity index (χ0v) is 13.3. The van der Waals surface area contributed by atoms with Crippen molar-refractivity contribution in [3.63, 3.8) is 0 Å². The molecule has 0 aliphatic carbocycles. The molecular weight excluding hydrogens is 276 g/mol. The van der Waals surface area contributed by atoms with Gasteiger partial charge in [-0.05, 0) is 37.0 Å². The maximum Gasteiger partial charge on any atom is 0.302 e. The minimum Gasteiger partial charge on any atom is -0.507 e. The van der Waals surface area contributed by atoms with Crippen LogP contribution in [0.5, 0.6) is 5.75 Å². The Morgan fingerprint density at radius 1 is 1.14 bits per heavy atom. The number of carbonyl (C=O) groups is 1. The number of esters is 1. The summed E-state index contributed by atoms with van der Waals surface area (Å²) in [7, 11) is 0. The Morgan fingerprint density at radius 3 is 2.45 bits per heavy atom. The van der Waals surface area contributed by atoms with Crippen molar-refractivity contribution in [2.24, 2.45) is 0 Å². The van der Waals surface area contributed by atoms with Crippen LogP contribution in [-0.2, 0) is 9.53 Å². The molecule has 3 nitrogen and oxygen atoms in total. The van der Waals surface area contributed by atoms with Crippen LogP contribution in [0, 0.1) is 13.8 Å². The maximum atomic E-state index is 11.0. The van der Waals surface area contributed by atoms with Crippen molar-refractivity contribution in [1.29, 1.82) is 0 Å². The van der Waals surface area contributed by atoms with Gasteiger partial charge in [-0.3, -0.25) is 4.79 Å². The summed E-state index contributed by atoms with van der Waals surface area (Å²) in [6.45, 7) is 5.64. The number of phenolic OH excluding ortho intramolecular Hbond substituents is 1. The standard InChI is InChI=1S/C19H22O3/c1-13-9-10-18(19(21)14(13)2)17(11-12-22-15(3)20)16-7-5-4-6-8-16/h4-10,17,21H,11-12H2,1-3H3. The lowest BCUT2D eigenvalue weighted by atomic mass is 9.86. The van der Waals surface area contributed by atoms with Crippen LogP contribution < -0.4 is 0 Å². The summed E-state index contributed by atoms with van der Waals surface area (Å²) in [6, 6.07) is 14.0. The van der Waals surface area contributed by atoms with E-state index in [1.54, 1.807) is 0 Å². The molecule has 0 radical (unpaired) electrons. The first-order valence-corrected chi connectivity index (χ1v) is 7.48. The second-order valence-electron chi connectivity index (χ2n) is 5.54. The molecule has 116 valence electrons. The summed E-state index contributed by atoms with van der Waals surface area (Å²) < 4.78 is 5.09. The van der Waals surface area contributed by atoms with E-state index in [0.717, 1.165) is 22.3 Å². The lowest BCUT2D eigenvalue weighted by Crippen LogP contribution is -2.09. The van der Waals surface area contributed by atoms with Gasteiger partial charge in [0.25, 0.3) is 0 Å². The minimum absolute atomic E-state index is 0.000139. The molecule has 0 saturated carbocycles. The summed E-state index contributed by atoms with van der Waals surface area (Å²) >= 11 is 0. The first kappa shape index (κ1) is 16.1. The largest absolute Gasteiger partial charge is 0.507 e. The zero-order chi connectivity index (χ0) is 16.1. The molecular formula is C19H22O3. The van der Waals surface area contributed by atoms with E-state index in [-0.39, 0.29) is 11.9 Å². The van der Waals surface area contributed by atoms with Crippen molar-refractivity contribution in [3.05, 3.63) is 64.7 Å². The van der Waals surface area contributed by atoms with Crippen LogP contribution in [0.2, 0.25) is 0 Å². The topological polar surface area (TPSA) is 46.5 Å². The molecule has 2 aromatic carbocycles. The quantitative estimate of drug-likeness (QED) is 0.846. The molecule has 22 heavy (non-hydrogen) atoms. The lowest BCUT2D eigenvalue weighted by Gasteiger charge is -2.20. The van der Waals surface area contributed by atoms with Gasteiger partial charge >= 0.3 is 5.97 Å². The fraction of sp³-hybridized carbons (Fsp3) is 0.316. The Hall–Kier alpha value is -2.29. The number of carbonyl (C=O) groups excluding carboxylic acids is 1. The Labute approximate surface area is 131 Å². The molecule has 0 saturated heterocycles. The van der Waals surface area contributed by atoms with Crippen LogP contribution in [0.1, 0.15) is 41.5 Å². The van der Waals surface area contributed by atoms with E-state index in [0.29, 0.717) is 18.8 Å². The van der Waals surface area contributed by atoms with Crippen LogP contribution in [0.4, 0.5) is 0 Å². The van der Waals surface area contributed by atoms with E-state index in [1.165, 1.54) is 6.92 Å². The number of hydrogen-bond acceptors (Lipinski definition) is 3. The van der Waals surface area contributed by atoms with Gasteiger partial charge in [-0.25, -0.2) is 0 Å². The van der Waals surface area contributed by atoms with Gasteiger partial charge in [-0.2, -0.15) is 0 Å². The highest BCUT2D eigenvalue weighted by Crippen LogP contribution is 2.36. The van der Waals surface area contributed by atoms with Crippen molar-refractivity contribution in [2.75, 3.05) is 6.61 Å². The van der Waals surface area contributed by atoms with E-state index in [4.69, 9.17) is 4.74 Å². The summed E-state index contributed by atoms with van der Waals surface area (Å²) in [5.74, 6) is 0.0487. The number of hydrogen-bond donors (Lipinski definition) is 1. The van der Waals surface area contributed by atoms with E-state index >= 15 is 0 Å². The van der Waals surface area contributed by atoms with E-state index < -0.39 is 0 Å². The van der Waals surface area contributed by atoms with Gasteiger partial charge in [0.1, 0.15) is 5.75 Å². The molecule has 1 atom stereocenters. The second kappa shape index (κ2) is 7.12. The number of phenols is 1. The molecule has 0 aromatic heterocycles. The molecule has 0 bridgehead atoms. The molecule has 0 aliphatic heterocycles. The summed E-state index contributed by atoms with van der Waals surface area (Å²) in [4.78, 5) is 11.0. The van der Waals surface area contributed by atoms with Crippen LogP contribution in [0.3, 0.4) is 0 Å². The third-order valence-electron chi connectivity index (χ3n) is 4.02. The van der Waals surface area contributed by atoms with Crippen molar-refractivity contribution >= 4 is 5.97 Å². The third-order valence-corrected chi connectivity index (χ3v) is 4.02. The first-order chi connectivity index (χ1) is 10.5. The summed E-state index contributed by atoms with van der Waals surface area (Å²) in [6.07, 6.45) is 0.639. The van der Waals surface area contributed by atoms with E-state index in [1.807, 2.05) is 56.3 Å². The summed E-state index contributed by atoms with van der Waals surface area (Å²) in [5.41, 5.74) is 3.94. The fourth-order valence-electron chi connectivity index (χ4n) is 2.61. The van der Waals surface area contributed by atoms with Gasteiger partial charge in [0, 0.05) is 18.4 Å². The van der Waals surface area contributed by atoms with Crippen molar-refractivity contribution in [2.45, 2.75) is 33.1 Å². The molecule has 0 amide bonds. The van der Waals surface area contributed by atoms with Gasteiger partial charge in [-0.15, -0.1) is 0 Å². The number of aromatic hydroxyl groups is 1. The lowest BCUT2D eigenvalue weighted by molar-refractivity contribution is -0.141. The van der Waals surface area contributed by atoms with Gasteiger partial charge in [0.2, 0.25) is 0 Å². The molecule has 2 aromatic rings.